The first-order valence-corrected chi connectivity index (χ1v) is 7.13. The molecule has 0 radical (unpaired) electrons. The molecule has 0 N–H and O–H groups in total. The van der Waals surface area contributed by atoms with Gasteiger partial charge in [-0.05, 0) is 25.0 Å². The van der Waals surface area contributed by atoms with Gasteiger partial charge in [-0.1, -0.05) is 0 Å². The van der Waals surface area contributed by atoms with Crippen LogP contribution in [-0.2, 0) is 13.0 Å². The van der Waals surface area contributed by atoms with Crippen molar-refractivity contribution in [2.24, 2.45) is 0 Å². The van der Waals surface area contributed by atoms with Crippen LogP contribution in [0, 0.1) is 12.7 Å². The van der Waals surface area contributed by atoms with Crippen LogP contribution in [0.5, 0.6) is 0 Å². The average Bonchev–Trinajstić information content (AvgIpc) is 2.67. The van der Waals surface area contributed by atoms with Gasteiger partial charge in [-0.15, -0.1) is 11.6 Å². The minimum atomic E-state index is -4.18. The van der Waals surface area contributed by atoms with E-state index in [-0.39, 0.29) is 18.8 Å². The smallest absolute Gasteiger partial charge is 0.328 e. The van der Waals surface area contributed by atoms with Gasteiger partial charge in [-0.2, -0.15) is 13.2 Å². The Kier molecular flexibility index (Phi) is 4.76. The van der Waals surface area contributed by atoms with Crippen LogP contribution in [0.15, 0.2) is 12.1 Å². The lowest BCUT2D eigenvalue weighted by molar-refractivity contribution is -0.135. The fraction of sp³-hybridized carbons (Fsp3) is 0.500. The number of aryl methyl sites for hydroxylation is 3. The summed E-state index contributed by atoms with van der Waals surface area (Å²) in [6.07, 6.45) is -4.64. The molecule has 1 heterocycles. The molecule has 1 aromatic carbocycles. The van der Waals surface area contributed by atoms with E-state index in [1.165, 1.54) is 6.07 Å². The van der Waals surface area contributed by atoms with Crippen molar-refractivity contribution < 1.29 is 17.6 Å². The highest BCUT2D eigenvalue weighted by atomic mass is 35.5. The van der Waals surface area contributed by atoms with E-state index in [1.54, 1.807) is 17.6 Å². The summed E-state index contributed by atoms with van der Waals surface area (Å²) in [5.41, 5.74) is 1.54. The molecule has 2 rings (SSSR count). The van der Waals surface area contributed by atoms with E-state index in [4.69, 9.17) is 11.6 Å². The van der Waals surface area contributed by atoms with Crippen molar-refractivity contribution in [1.29, 1.82) is 0 Å². The van der Waals surface area contributed by atoms with Gasteiger partial charge in [0, 0.05) is 31.3 Å². The molecule has 0 saturated heterocycles. The lowest BCUT2D eigenvalue weighted by atomic mass is 10.2. The molecule has 1 aromatic heterocycles. The summed E-state index contributed by atoms with van der Waals surface area (Å²) >= 11 is 5.70. The Balaban J connectivity index is 2.34. The second-order valence-electron chi connectivity index (χ2n) is 4.93. The average molecular weight is 323 g/mol. The lowest BCUT2D eigenvalue weighted by Gasteiger charge is -2.10. The predicted octanol–water partition coefficient (Wildman–Crippen LogP) is 4.61. The Hall–Kier alpha value is -1.30. The van der Waals surface area contributed by atoms with Gasteiger partial charge < -0.3 is 4.57 Å². The van der Waals surface area contributed by atoms with Gasteiger partial charge >= 0.3 is 6.18 Å². The van der Waals surface area contributed by atoms with Crippen LogP contribution in [0.3, 0.4) is 0 Å². The van der Waals surface area contributed by atoms with Crippen LogP contribution >= 0.6 is 11.6 Å². The number of imidazole rings is 1. The zero-order chi connectivity index (χ0) is 15.6. The summed E-state index contributed by atoms with van der Waals surface area (Å²) in [6, 6.07) is 2.92. The molecule has 0 bridgehead atoms. The van der Waals surface area contributed by atoms with E-state index in [1.807, 2.05) is 0 Å². The van der Waals surface area contributed by atoms with Gasteiger partial charge in [0.2, 0.25) is 0 Å². The topological polar surface area (TPSA) is 17.8 Å². The minimum Gasteiger partial charge on any atom is -0.328 e. The van der Waals surface area contributed by atoms with Crippen LogP contribution < -0.4 is 0 Å². The van der Waals surface area contributed by atoms with E-state index >= 15 is 0 Å². The molecule has 2 nitrogen and oxygen atoms in total. The van der Waals surface area contributed by atoms with Crippen molar-refractivity contribution in [2.45, 2.75) is 38.9 Å². The molecule has 0 fully saturated rings. The van der Waals surface area contributed by atoms with Gasteiger partial charge in [0.05, 0.1) is 11.0 Å². The SMILES string of the molecule is Cc1cc2c(cc1F)nc(CCCl)n2CCCC(F)(F)F. The lowest BCUT2D eigenvalue weighted by Crippen LogP contribution is -2.11. The maximum Gasteiger partial charge on any atom is 0.389 e. The van der Waals surface area contributed by atoms with E-state index in [0.29, 0.717) is 34.7 Å². The van der Waals surface area contributed by atoms with Crippen LogP contribution in [0.4, 0.5) is 17.6 Å². The van der Waals surface area contributed by atoms with Crippen molar-refractivity contribution in [1.82, 2.24) is 9.55 Å². The molecule has 0 amide bonds. The Morgan fingerprint density at radius 2 is 2.00 bits per heavy atom. The van der Waals surface area contributed by atoms with Crippen LogP contribution in [-0.4, -0.2) is 21.6 Å². The molecule has 0 atom stereocenters. The molecule has 2 aromatic rings. The van der Waals surface area contributed by atoms with Crippen LogP contribution in [0.2, 0.25) is 0 Å². The Bertz CT molecular complexity index is 634. The molecular formula is C14H15ClF4N2. The first kappa shape index (κ1) is 16.1. The molecule has 7 heteroatoms. The van der Waals surface area contributed by atoms with E-state index < -0.39 is 12.6 Å². The molecule has 0 saturated carbocycles. The summed E-state index contributed by atoms with van der Waals surface area (Å²) in [4.78, 5) is 4.28. The summed E-state index contributed by atoms with van der Waals surface area (Å²) in [6.45, 7) is 1.80. The zero-order valence-corrected chi connectivity index (χ0v) is 12.2. The Morgan fingerprint density at radius 1 is 1.29 bits per heavy atom. The molecule has 0 aliphatic heterocycles. The van der Waals surface area contributed by atoms with Crippen molar-refractivity contribution in [3.05, 3.63) is 29.3 Å². The molecule has 0 aliphatic carbocycles. The summed E-state index contributed by atoms with van der Waals surface area (Å²) in [5, 5.41) is 0. The number of fused-ring (bicyclic) bond motifs is 1. The Labute approximate surface area is 124 Å². The van der Waals surface area contributed by atoms with Gasteiger partial charge in [-0.3, -0.25) is 0 Å². The summed E-state index contributed by atoms with van der Waals surface area (Å²) < 4.78 is 52.1. The molecule has 0 spiro atoms. The van der Waals surface area contributed by atoms with Gasteiger partial charge in [0.1, 0.15) is 11.6 Å². The quantitative estimate of drug-likeness (QED) is 0.580. The third-order valence-electron chi connectivity index (χ3n) is 3.27. The zero-order valence-electron chi connectivity index (χ0n) is 11.5. The predicted molar refractivity (Wildman–Crippen MR) is 74.1 cm³/mol. The number of rotatable bonds is 5. The number of hydrogen-bond acceptors (Lipinski definition) is 1. The van der Waals surface area contributed by atoms with E-state index in [9.17, 15) is 17.6 Å². The van der Waals surface area contributed by atoms with Crippen molar-refractivity contribution in [3.63, 3.8) is 0 Å². The maximum atomic E-state index is 13.6. The Morgan fingerprint density at radius 3 is 2.62 bits per heavy atom. The van der Waals surface area contributed by atoms with Crippen LogP contribution in [0.25, 0.3) is 11.0 Å². The summed E-state index contributed by atoms with van der Waals surface area (Å²) in [5.74, 6) is 0.524. The maximum absolute atomic E-state index is 13.6. The first-order chi connectivity index (χ1) is 9.81. The van der Waals surface area contributed by atoms with E-state index in [2.05, 4.69) is 4.98 Å². The van der Waals surface area contributed by atoms with Gasteiger partial charge in [-0.25, -0.2) is 9.37 Å². The molecule has 0 aliphatic rings. The fourth-order valence-corrected chi connectivity index (χ4v) is 2.43. The summed E-state index contributed by atoms with van der Waals surface area (Å²) in [7, 11) is 0. The first-order valence-electron chi connectivity index (χ1n) is 6.60. The largest absolute Gasteiger partial charge is 0.389 e. The molecule has 21 heavy (non-hydrogen) atoms. The van der Waals surface area contributed by atoms with Gasteiger partial charge in [0.15, 0.2) is 0 Å². The van der Waals surface area contributed by atoms with Crippen LogP contribution in [0.1, 0.15) is 24.2 Å². The number of nitrogens with zero attached hydrogens (tertiary/aromatic N) is 2. The second-order valence-corrected chi connectivity index (χ2v) is 5.31. The highest BCUT2D eigenvalue weighted by Gasteiger charge is 2.26. The number of alkyl halides is 4. The molecule has 0 unspecified atom stereocenters. The van der Waals surface area contributed by atoms with Crippen molar-refractivity contribution in [2.75, 3.05) is 5.88 Å². The minimum absolute atomic E-state index is 0.0410. The molecular weight excluding hydrogens is 308 g/mol. The van der Waals surface area contributed by atoms with E-state index in [0.717, 1.165) is 0 Å². The number of hydrogen-bond donors (Lipinski definition) is 0. The van der Waals surface area contributed by atoms with Crippen molar-refractivity contribution in [3.8, 4) is 0 Å². The number of benzene rings is 1. The molecule has 116 valence electrons. The second kappa shape index (κ2) is 6.22. The number of aromatic nitrogens is 2. The van der Waals surface area contributed by atoms with Crippen molar-refractivity contribution >= 4 is 22.6 Å². The fourth-order valence-electron chi connectivity index (χ4n) is 2.26. The highest BCUT2D eigenvalue weighted by Crippen LogP contribution is 2.25. The number of halogens is 5. The normalized spacial score (nSPS) is 12.3. The monoisotopic (exact) mass is 322 g/mol. The third-order valence-corrected chi connectivity index (χ3v) is 3.46. The highest BCUT2D eigenvalue weighted by molar-refractivity contribution is 6.17. The third kappa shape index (κ3) is 3.87. The standard InChI is InChI=1S/C14H15ClF4N2/c1-9-7-12-11(8-10(9)16)20-13(3-5-15)21(12)6-2-4-14(17,18)19/h7-8H,2-6H2,1H3. The van der Waals surface area contributed by atoms with Gasteiger partial charge in [0.25, 0.3) is 0 Å².